The summed E-state index contributed by atoms with van der Waals surface area (Å²) < 4.78 is 5.15. The topological polar surface area (TPSA) is 152 Å². The predicted octanol–water partition coefficient (Wildman–Crippen LogP) is -1.09. The normalized spacial score (nSPS) is 16.3. The molecule has 0 aliphatic carbocycles. The number of ether oxygens (including phenoxy) is 1. The van der Waals surface area contributed by atoms with Crippen molar-refractivity contribution in [3.8, 4) is 5.75 Å². The molecule has 0 saturated heterocycles. The third kappa shape index (κ3) is 7.12. The van der Waals surface area contributed by atoms with Gasteiger partial charge in [-0.05, 0) is 18.2 Å². The number of hydrogen-bond donors (Lipinski definition) is 6. The highest BCUT2D eigenvalue weighted by atomic mass is 35.5. The highest BCUT2D eigenvalue weighted by Gasteiger charge is 2.29. The average molecular weight is 397 g/mol. The summed E-state index contributed by atoms with van der Waals surface area (Å²) in [5.74, 6) is -0.443. The number of hydrazone groups is 1. The van der Waals surface area contributed by atoms with Crippen LogP contribution in [0.2, 0.25) is 10.0 Å². The van der Waals surface area contributed by atoms with Crippen LogP contribution in [0.4, 0.5) is 0 Å². The second kappa shape index (κ2) is 10.5. The Morgan fingerprint density at radius 1 is 1.24 bits per heavy atom. The Hall–Kier alpha value is -1.46. The fourth-order valence-electron chi connectivity index (χ4n) is 1.58. The van der Waals surface area contributed by atoms with E-state index in [0.717, 1.165) is 6.21 Å². The molecule has 0 aliphatic rings. The Balaban J connectivity index is 2.43. The van der Waals surface area contributed by atoms with Gasteiger partial charge in [0.1, 0.15) is 30.2 Å². The van der Waals surface area contributed by atoms with Crippen molar-refractivity contribution in [3.63, 3.8) is 0 Å². The number of aliphatic hydroxyl groups excluding tert-OH is 5. The third-order valence-corrected chi connectivity index (χ3v) is 3.48. The van der Waals surface area contributed by atoms with E-state index in [1.165, 1.54) is 18.2 Å². The van der Waals surface area contributed by atoms with Crippen molar-refractivity contribution in [1.29, 1.82) is 0 Å². The van der Waals surface area contributed by atoms with E-state index in [4.69, 9.17) is 38.2 Å². The fourth-order valence-corrected chi connectivity index (χ4v) is 2.04. The Morgan fingerprint density at radius 3 is 2.52 bits per heavy atom. The van der Waals surface area contributed by atoms with Crippen LogP contribution in [0.15, 0.2) is 23.3 Å². The molecular formula is C14H18Cl2N2O7. The molecule has 140 valence electrons. The number of aliphatic hydroxyl groups is 5. The van der Waals surface area contributed by atoms with Crippen LogP contribution < -0.4 is 10.2 Å². The lowest BCUT2D eigenvalue weighted by atomic mass is 10.0. The van der Waals surface area contributed by atoms with Crippen LogP contribution >= 0.6 is 23.2 Å². The van der Waals surface area contributed by atoms with Crippen molar-refractivity contribution in [3.05, 3.63) is 28.2 Å². The summed E-state index contributed by atoms with van der Waals surface area (Å²) in [6, 6.07) is 4.45. The van der Waals surface area contributed by atoms with Crippen LogP contribution in [-0.4, -0.2) is 75.3 Å². The van der Waals surface area contributed by atoms with Crippen molar-refractivity contribution < 1.29 is 35.1 Å². The summed E-state index contributed by atoms with van der Waals surface area (Å²) in [5.41, 5.74) is 2.02. The molecule has 0 saturated carbocycles. The number of hydrogen-bond acceptors (Lipinski definition) is 8. The molecule has 25 heavy (non-hydrogen) atoms. The number of benzene rings is 1. The molecule has 0 aliphatic heterocycles. The first-order chi connectivity index (χ1) is 11.8. The number of nitrogens with one attached hydrogen (secondary N) is 1. The second-order valence-electron chi connectivity index (χ2n) is 4.90. The fraction of sp³-hybridized carbons (Fsp3) is 0.429. The van der Waals surface area contributed by atoms with E-state index in [1.807, 2.05) is 5.43 Å². The second-order valence-corrected chi connectivity index (χ2v) is 5.74. The van der Waals surface area contributed by atoms with Crippen molar-refractivity contribution in [1.82, 2.24) is 5.43 Å². The van der Waals surface area contributed by atoms with Crippen LogP contribution in [0.5, 0.6) is 5.75 Å². The molecule has 11 heteroatoms. The van der Waals surface area contributed by atoms with Crippen LogP contribution in [-0.2, 0) is 4.79 Å². The van der Waals surface area contributed by atoms with Gasteiger partial charge >= 0.3 is 0 Å². The zero-order valence-corrected chi connectivity index (χ0v) is 14.3. The van der Waals surface area contributed by atoms with Gasteiger partial charge in [0.05, 0.1) is 17.8 Å². The van der Waals surface area contributed by atoms with Gasteiger partial charge < -0.3 is 30.3 Å². The summed E-state index contributed by atoms with van der Waals surface area (Å²) in [6.45, 7) is -1.23. The summed E-state index contributed by atoms with van der Waals surface area (Å²) in [4.78, 5) is 11.5. The Kier molecular flexibility index (Phi) is 9.08. The molecule has 9 nitrogen and oxygen atoms in total. The largest absolute Gasteiger partial charge is 0.482 e. The van der Waals surface area contributed by atoms with E-state index < -0.39 is 43.5 Å². The van der Waals surface area contributed by atoms with E-state index in [1.54, 1.807) is 0 Å². The van der Waals surface area contributed by atoms with Crippen molar-refractivity contribution in [2.75, 3.05) is 13.2 Å². The van der Waals surface area contributed by atoms with E-state index >= 15 is 0 Å². The summed E-state index contributed by atoms with van der Waals surface area (Å²) in [5, 5.41) is 50.3. The zero-order chi connectivity index (χ0) is 19.0. The van der Waals surface area contributed by atoms with E-state index in [9.17, 15) is 20.1 Å². The minimum atomic E-state index is -1.81. The number of halogens is 2. The van der Waals surface area contributed by atoms with Crippen molar-refractivity contribution >= 4 is 35.3 Å². The SMILES string of the molecule is O=C(COc1ccc(Cl)cc1Cl)N/N=C\[C@H](O)[C@H](O)[C@H](O)[C@@H](O)CO. The van der Waals surface area contributed by atoms with Gasteiger partial charge in [0.2, 0.25) is 0 Å². The molecule has 0 unspecified atom stereocenters. The van der Waals surface area contributed by atoms with Gasteiger partial charge in [-0.25, -0.2) is 5.43 Å². The highest BCUT2D eigenvalue weighted by Crippen LogP contribution is 2.27. The predicted molar refractivity (Wildman–Crippen MR) is 89.7 cm³/mol. The molecule has 1 amide bonds. The summed E-state index contributed by atoms with van der Waals surface area (Å²) in [6.07, 6.45) is -6.19. The first kappa shape index (κ1) is 21.6. The molecule has 0 bridgehead atoms. The van der Waals surface area contributed by atoms with Gasteiger partial charge in [0, 0.05) is 5.02 Å². The van der Waals surface area contributed by atoms with Crippen LogP contribution in [0.25, 0.3) is 0 Å². The van der Waals surface area contributed by atoms with Crippen LogP contribution in [0.3, 0.4) is 0 Å². The molecule has 0 fully saturated rings. The lowest BCUT2D eigenvalue weighted by Crippen LogP contribution is -2.46. The summed E-state index contributed by atoms with van der Waals surface area (Å²) in [7, 11) is 0. The highest BCUT2D eigenvalue weighted by molar-refractivity contribution is 6.35. The van der Waals surface area contributed by atoms with Gasteiger partial charge in [-0.3, -0.25) is 4.79 Å². The average Bonchev–Trinajstić information content (AvgIpc) is 2.58. The number of rotatable bonds is 9. The lowest BCUT2D eigenvalue weighted by molar-refractivity contribution is -0.123. The van der Waals surface area contributed by atoms with Crippen LogP contribution in [0.1, 0.15) is 0 Å². The lowest BCUT2D eigenvalue weighted by Gasteiger charge is -2.23. The smallest absolute Gasteiger partial charge is 0.277 e. The van der Waals surface area contributed by atoms with Gasteiger partial charge in [-0.1, -0.05) is 23.2 Å². The number of carbonyl (C=O) groups is 1. The van der Waals surface area contributed by atoms with Crippen molar-refractivity contribution in [2.45, 2.75) is 24.4 Å². The Bertz CT molecular complexity index is 603. The van der Waals surface area contributed by atoms with Gasteiger partial charge in [-0.15, -0.1) is 0 Å². The van der Waals surface area contributed by atoms with Gasteiger partial charge in [0.15, 0.2) is 6.61 Å². The molecule has 0 radical (unpaired) electrons. The van der Waals surface area contributed by atoms with E-state index in [-0.39, 0.29) is 10.8 Å². The maximum absolute atomic E-state index is 11.5. The standard InChI is InChI=1S/C14H18Cl2N2O7/c15-7-1-2-11(8(16)3-7)25-6-12(22)18-17-4-9(20)13(23)14(24)10(21)5-19/h1-4,9-10,13-14,19-21,23-24H,5-6H2,(H,18,22)/b17-4-/t9-,10-,13-,14+/m0/s1. The molecule has 6 N–H and O–H groups in total. The number of carbonyl (C=O) groups excluding carboxylic acids is 1. The number of amides is 1. The monoisotopic (exact) mass is 396 g/mol. The molecule has 1 rings (SSSR count). The molecule has 0 heterocycles. The molecule has 0 spiro atoms. The third-order valence-electron chi connectivity index (χ3n) is 2.95. The summed E-state index contributed by atoms with van der Waals surface area (Å²) >= 11 is 11.6. The minimum absolute atomic E-state index is 0.221. The van der Waals surface area contributed by atoms with E-state index in [2.05, 4.69) is 5.10 Å². The molecule has 0 aromatic heterocycles. The first-order valence-electron chi connectivity index (χ1n) is 6.99. The zero-order valence-electron chi connectivity index (χ0n) is 12.8. The molecule has 1 aromatic rings. The van der Waals surface area contributed by atoms with E-state index in [0.29, 0.717) is 5.02 Å². The molecule has 1 aromatic carbocycles. The Labute approximate surface area is 153 Å². The minimum Gasteiger partial charge on any atom is -0.482 e. The van der Waals surface area contributed by atoms with Gasteiger partial charge in [-0.2, -0.15) is 5.10 Å². The van der Waals surface area contributed by atoms with Crippen molar-refractivity contribution in [2.24, 2.45) is 5.10 Å². The molecular weight excluding hydrogens is 379 g/mol. The number of nitrogens with zero attached hydrogens (tertiary/aromatic N) is 1. The maximum atomic E-state index is 11.5. The van der Waals surface area contributed by atoms with Gasteiger partial charge in [0.25, 0.3) is 5.91 Å². The quantitative estimate of drug-likeness (QED) is 0.229. The Morgan fingerprint density at radius 2 is 1.92 bits per heavy atom. The maximum Gasteiger partial charge on any atom is 0.277 e. The van der Waals surface area contributed by atoms with Crippen LogP contribution in [0, 0.1) is 0 Å². The molecule has 4 atom stereocenters. The first-order valence-corrected chi connectivity index (χ1v) is 7.74.